The van der Waals surface area contributed by atoms with Gasteiger partial charge in [0.15, 0.2) is 13.2 Å². The fraction of sp³-hybridized carbons (Fsp3) is 0.727. The smallest absolute Gasteiger partial charge is 0.412 e. The first kappa shape index (κ1) is 23.5. The summed E-state index contributed by atoms with van der Waals surface area (Å²) in [5, 5.41) is 10.0. The maximum atomic E-state index is 12.4. The predicted molar refractivity (Wildman–Crippen MR) is 71.6 cm³/mol. The topological polar surface area (TPSA) is 94.1 Å². The van der Waals surface area contributed by atoms with Crippen LogP contribution < -0.4 is 5.32 Å². The number of hydrogen-bond acceptors (Lipinski definition) is 6. The van der Waals surface area contributed by atoms with E-state index < -0.39 is 56.4 Å². The highest BCUT2D eigenvalue weighted by Gasteiger charge is 2.46. The molecule has 2 N–H and O–H groups in total. The summed E-state index contributed by atoms with van der Waals surface area (Å²) in [6, 6.07) is -0.675. The van der Waals surface area contributed by atoms with Crippen molar-refractivity contribution in [2.75, 3.05) is 20.3 Å². The Balaban J connectivity index is 5.91. The number of methoxy groups -OCH3 is 1. The summed E-state index contributed by atoms with van der Waals surface area (Å²) >= 11 is 0. The summed E-state index contributed by atoms with van der Waals surface area (Å²) in [6.45, 7) is -1.82. The number of amides is 1. The highest BCUT2D eigenvalue weighted by atomic mass is 31.2. The average molecular weight is 403 g/mol. The van der Waals surface area contributed by atoms with Gasteiger partial charge in [-0.3, -0.25) is 18.4 Å². The minimum Gasteiger partial charge on any atom is -0.480 e. The first-order chi connectivity index (χ1) is 11.1. The van der Waals surface area contributed by atoms with Crippen LogP contribution in [0.3, 0.4) is 0 Å². The third-order valence-corrected chi connectivity index (χ3v) is 3.98. The van der Waals surface area contributed by atoms with Crippen LogP contribution in [0.25, 0.3) is 0 Å². The molecule has 148 valence electrons. The molecule has 0 atom stereocenters. The second-order valence-corrected chi connectivity index (χ2v) is 6.72. The maximum Gasteiger partial charge on any atom is 0.412 e. The second-order valence-electron chi connectivity index (χ2n) is 4.76. The van der Waals surface area contributed by atoms with Crippen molar-refractivity contribution >= 4 is 13.5 Å². The molecule has 1 amide bonds. The zero-order chi connectivity index (χ0) is 20.1. The third-order valence-electron chi connectivity index (χ3n) is 2.10. The minimum absolute atomic E-state index is 0.675. The summed E-state index contributed by atoms with van der Waals surface area (Å²) in [5.74, 6) is -2.99. The van der Waals surface area contributed by atoms with E-state index in [1.165, 1.54) is 13.8 Å². The molecule has 0 aliphatic heterocycles. The Kier molecular flexibility index (Phi) is 8.25. The van der Waals surface area contributed by atoms with Gasteiger partial charge in [0.05, 0.1) is 7.11 Å². The Morgan fingerprint density at radius 2 is 1.48 bits per heavy atom. The Morgan fingerprint density at radius 1 is 1.08 bits per heavy atom. The van der Waals surface area contributed by atoms with Crippen LogP contribution in [0.4, 0.5) is 26.3 Å². The SMILES string of the molecule is CO/C(O)=C(/C(=O)NC(C)C)P(=O)(OCC(F)(F)F)OCC(F)(F)F. The lowest BCUT2D eigenvalue weighted by Crippen LogP contribution is -2.33. The van der Waals surface area contributed by atoms with Gasteiger partial charge in [-0.1, -0.05) is 0 Å². The lowest BCUT2D eigenvalue weighted by molar-refractivity contribution is -0.165. The zero-order valence-electron chi connectivity index (χ0n) is 13.2. The number of ether oxygens (including phenoxy) is 1. The number of carbonyl (C=O) groups is 1. The normalized spacial score (nSPS) is 14.3. The van der Waals surface area contributed by atoms with Crippen LogP contribution in [-0.4, -0.2) is 49.7 Å². The van der Waals surface area contributed by atoms with Crippen LogP contribution in [0.5, 0.6) is 0 Å². The molecule has 0 radical (unpaired) electrons. The fourth-order valence-electron chi connectivity index (χ4n) is 1.25. The van der Waals surface area contributed by atoms with Crippen LogP contribution in [0.15, 0.2) is 11.3 Å². The van der Waals surface area contributed by atoms with Gasteiger partial charge in [0.2, 0.25) is 5.31 Å². The molecular formula is C11H16F6NO6P. The van der Waals surface area contributed by atoms with Crippen molar-refractivity contribution in [1.82, 2.24) is 5.32 Å². The molecule has 0 aromatic rings. The number of aliphatic hydroxyl groups excluding tert-OH is 1. The van der Waals surface area contributed by atoms with Crippen molar-refractivity contribution < 1.29 is 54.6 Å². The van der Waals surface area contributed by atoms with Crippen molar-refractivity contribution in [2.24, 2.45) is 0 Å². The Morgan fingerprint density at radius 3 is 1.76 bits per heavy atom. The van der Waals surface area contributed by atoms with E-state index in [0.29, 0.717) is 0 Å². The number of halogens is 6. The number of alkyl halides is 6. The molecule has 14 heteroatoms. The van der Waals surface area contributed by atoms with Crippen molar-refractivity contribution in [3.63, 3.8) is 0 Å². The first-order valence-electron chi connectivity index (χ1n) is 6.42. The lowest BCUT2D eigenvalue weighted by atomic mass is 10.4. The van der Waals surface area contributed by atoms with E-state index in [1.807, 2.05) is 5.32 Å². The maximum absolute atomic E-state index is 12.4. The monoisotopic (exact) mass is 403 g/mol. The fourth-order valence-corrected chi connectivity index (χ4v) is 2.85. The number of aliphatic hydroxyl groups is 1. The molecule has 0 fully saturated rings. The number of hydrogen-bond donors (Lipinski definition) is 2. The van der Waals surface area contributed by atoms with Gasteiger partial charge in [-0.15, -0.1) is 0 Å². The number of nitrogens with one attached hydrogen (secondary N) is 1. The van der Waals surface area contributed by atoms with E-state index in [0.717, 1.165) is 7.11 Å². The first-order valence-corrected chi connectivity index (χ1v) is 7.97. The van der Waals surface area contributed by atoms with Gasteiger partial charge in [-0.2, -0.15) is 26.3 Å². The quantitative estimate of drug-likeness (QED) is 0.280. The second kappa shape index (κ2) is 8.77. The molecule has 0 heterocycles. The Labute approximate surface area is 138 Å². The Bertz CT molecular complexity index is 522. The molecule has 0 aromatic heterocycles. The molecule has 0 spiro atoms. The van der Waals surface area contributed by atoms with Crippen LogP contribution in [0.1, 0.15) is 13.8 Å². The molecule has 0 aromatic carbocycles. The van der Waals surface area contributed by atoms with Gasteiger partial charge >= 0.3 is 19.9 Å². The molecule has 0 bridgehead atoms. The Hall–Kier alpha value is -1.46. The van der Waals surface area contributed by atoms with Crippen LogP contribution in [0.2, 0.25) is 0 Å². The molecule has 0 rings (SSSR count). The molecule has 25 heavy (non-hydrogen) atoms. The van der Waals surface area contributed by atoms with Gasteiger partial charge in [-0.05, 0) is 13.8 Å². The molecule has 7 nitrogen and oxygen atoms in total. The summed E-state index contributed by atoms with van der Waals surface area (Å²) in [4.78, 5) is 11.9. The summed E-state index contributed by atoms with van der Waals surface area (Å²) < 4.78 is 98.2. The van der Waals surface area contributed by atoms with Crippen LogP contribution >= 0.6 is 7.60 Å². The molecule has 0 aliphatic carbocycles. The predicted octanol–water partition coefficient (Wildman–Crippen LogP) is 3.24. The lowest BCUT2D eigenvalue weighted by Gasteiger charge is -2.23. The standard InChI is InChI=1S/C11H16F6NO6P/c1-6(2)18-8(19)7(9(20)22-3)25(21,23-4-10(12,13)14)24-5-11(15,16)17/h6,20H,4-5H2,1-3H3,(H,18,19)/b9-7-. The van der Waals surface area contributed by atoms with Crippen molar-refractivity contribution in [2.45, 2.75) is 32.2 Å². The third kappa shape index (κ3) is 8.98. The van der Waals surface area contributed by atoms with E-state index >= 15 is 0 Å². The van der Waals surface area contributed by atoms with Gasteiger partial charge in [0, 0.05) is 6.04 Å². The molecule has 0 aliphatic rings. The van der Waals surface area contributed by atoms with Crippen molar-refractivity contribution in [3.05, 3.63) is 11.3 Å². The van der Waals surface area contributed by atoms with E-state index in [2.05, 4.69) is 13.8 Å². The molecular weight excluding hydrogens is 387 g/mol. The van der Waals surface area contributed by atoms with Crippen LogP contribution in [-0.2, 0) is 23.1 Å². The van der Waals surface area contributed by atoms with E-state index in [4.69, 9.17) is 0 Å². The molecule has 0 saturated heterocycles. The highest BCUT2D eigenvalue weighted by molar-refractivity contribution is 7.60. The molecule has 0 saturated carbocycles. The summed E-state index contributed by atoms with van der Waals surface area (Å²) in [5.41, 5.74) is 0. The van der Waals surface area contributed by atoms with Gasteiger partial charge in [-0.25, -0.2) is 0 Å². The van der Waals surface area contributed by atoms with E-state index in [-0.39, 0.29) is 0 Å². The highest BCUT2D eigenvalue weighted by Crippen LogP contribution is 2.58. The number of rotatable bonds is 8. The zero-order valence-corrected chi connectivity index (χ0v) is 14.1. The van der Waals surface area contributed by atoms with Gasteiger partial charge in [0.25, 0.3) is 11.9 Å². The number of carbonyl (C=O) groups excluding carboxylic acids is 1. The van der Waals surface area contributed by atoms with Crippen molar-refractivity contribution in [1.29, 1.82) is 0 Å². The van der Waals surface area contributed by atoms with E-state index in [9.17, 15) is 40.8 Å². The van der Waals surface area contributed by atoms with Crippen LogP contribution in [0, 0.1) is 0 Å². The van der Waals surface area contributed by atoms with Gasteiger partial charge < -0.3 is 15.2 Å². The van der Waals surface area contributed by atoms with Crippen molar-refractivity contribution in [3.8, 4) is 0 Å². The summed E-state index contributed by atoms with van der Waals surface area (Å²) in [6.07, 6.45) is -10.2. The minimum atomic E-state index is -5.55. The summed E-state index contributed by atoms with van der Waals surface area (Å²) in [7, 11) is -4.82. The molecule has 0 unspecified atom stereocenters. The largest absolute Gasteiger partial charge is 0.480 e. The van der Waals surface area contributed by atoms with E-state index in [1.54, 1.807) is 0 Å². The average Bonchev–Trinajstić information content (AvgIpc) is 2.41. The van der Waals surface area contributed by atoms with Gasteiger partial charge in [0.1, 0.15) is 0 Å².